The Hall–Kier alpha value is -3.19. The fraction of sp³-hybridized carbons (Fsp3) is 0.304. The van der Waals surface area contributed by atoms with Crippen LogP contribution in [0.25, 0.3) is 11.1 Å². The van der Waals surface area contributed by atoms with Gasteiger partial charge in [-0.15, -0.1) is 0 Å². The van der Waals surface area contributed by atoms with Gasteiger partial charge in [-0.1, -0.05) is 0 Å². The summed E-state index contributed by atoms with van der Waals surface area (Å²) in [6, 6.07) is 8.12. The van der Waals surface area contributed by atoms with Crippen molar-refractivity contribution in [1.82, 2.24) is 4.98 Å². The molecule has 6 nitrogen and oxygen atoms in total. The molecule has 3 aliphatic heterocycles. The van der Waals surface area contributed by atoms with Gasteiger partial charge in [0.2, 0.25) is 0 Å². The standard InChI is InChI=1S/C23H22FN3O3/c1-23(2)17(13-3-6-20(25-11-13)27-8-7-15(28)12-27)10-19(30-23)21-16-9-14(24)4-5-18(16)26-22(21)29/h3-6,9-11,15,28H,7-8,12H2,1-2H3,(H,26,29)/b21-19+. The number of pyridine rings is 1. The quantitative estimate of drug-likeness (QED) is 0.747. The summed E-state index contributed by atoms with van der Waals surface area (Å²) >= 11 is 0. The van der Waals surface area contributed by atoms with E-state index in [0.29, 0.717) is 29.1 Å². The lowest BCUT2D eigenvalue weighted by molar-refractivity contribution is -0.111. The first-order valence-electron chi connectivity index (χ1n) is 9.98. The highest BCUT2D eigenvalue weighted by Gasteiger charge is 2.38. The maximum atomic E-state index is 13.8. The second kappa shape index (κ2) is 6.67. The van der Waals surface area contributed by atoms with E-state index in [4.69, 9.17) is 4.74 Å². The van der Waals surface area contributed by atoms with Crippen LogP contribution in [0.4, 0.5) is 15.9 Å². The Labute approximate surface area is 173 Å². The van der Waals surface area contributed by atoms with Crippen molar-refractivity contribution >= 4 is 28.6 Å². The van der Waals surface area contributed by atoms with E-state index in [1.165, 1.54) is 12.1 Å². The Morgan fingerprint density at radius 3 is 2.83 bits per heavy atom. The predicted molar refractivity (Wildman–Crippen MR) is 112 cm³/mol. The number of nitrogens with one attached hydrogen (secondary N) is 1. The van der Waals surface area contributed by atoms with Crippen LogP contribution >= 0.6 is 0 Å². The number of hydrogen-bond acceptors (Lipinski definition) is 5. The molecular formula is C23H22FN3O3. The average molecular weight is 407 g/mol. The zero-order valence-corrected chi connectivity index (χ0v) is 16.8. The fourth-order valence-electron chi connectivity index (χ4n) is 4.28. The third-order valence-electron chi connectivity index (χ3n) is 5.81. The monoisotopic (exact) mass is 407 g/mol. The SMILES string of the molecule is CC1(C)O/C(=C2/C(=O)Nc3ccc(F)cc32)C=C1c1ccc(N2CCC(O)C2)nc1. The molecule has 1 atom stereocenters. The van der Waals surface area contributed by atoms with Crippen LogP contribution < -0.4 is 10.2 Å². The summed E-state index contributed by atoms with van der Waals surface area (Å²) in [5.74, 6) is 0.533. The van der Waals surface area contributed by atoms with Gasteiger partial charge >= 0.3 is 0 Å². The number of aromatic nitrogens is 1. The summed E-state index contributed by atoms with van der Waals surface area (Å²) in [4.78, 5) is 19.2. The number of nitrogens with zero attached hydrogens (tertiary/aromatic N) is 2. The number of aliphatic hydroxyl groups excluding tert-OH is 1. The third-order valence-corrected chi connectivity index (χ3v) is 5.81. The molecule has 1 amide bonds. The molecule has 7 heteroatoms. The Morgan fingerprint density at radius 2 is 2.13 bits per heavy atom. The number of hydrogen-bond donors (Lipinski definition) is 2. The van der Waals surface area contributed by atoms with Gasteiger partial charge in [0.1, 0.15) is 23.0 Å². The maximum Gasteiger partial charge on any atom is 0.260 e. The number of fused-ring (bicyclic) bond motifs is 1. The van der Waals surface area contributed by atoms with Gasteiger partial charge in [-0.25, -0.2) is 9.37 Å². The van der Waals surface area contributed by atoms with Gasteiger partial charge in [-0.3, -0.25) is 4.79 Å². The summed E-state index contributed by atoms with van der Waals surface area (Å²) in [6.45, 7) is 5.23. The lowest BCUT2D eigenvalue weighted by atomic mass is 9.93. The van der Waals surface area contributed by atoms with E-state index in [1.807, 2.05) is 32.1 Å². The molecule has 1 saturated heterocycles. The molecule has 1 fully saturated rings. The molecule has 2 aromatic rings. The van der Waals surface area contributed by atoms with Crippen LogP contribution in [0, 0.1) is 5.82 Å². The van der Waals surface area contributed by atoms with E-state index in [-0.39, 0.29) is 12.0 Å². The lowest BCUT2D eigenvalue weighted by Gasteiger charge is -2.24. The van der Waals surface area contributed by atoms with Crippen molar-refractivity contribution in [3.63, 3.8) is 0 Å². The predicted octanol–water partition coefficient (Wildman–Crippen LogP) is 3.35. The summed E-state index contributed by atoms with van der Waals surface area (Å²) in [5, 5.41) is 12.5. The molecule has 1 unspecified atom stereocenters. The summed E-state index contributed by atoms with van der Waals surface area (Å²) in [5.41, 5.74) is 2.52. The molecule has 30 heavy (non-hydrogen) atoms. The van der Waals surface area contributed by atoms with Gasteiger partial charge in [0.05, 0.1) is 11.7 Å². The number of ether oxygens (including phenoxy) is 1. The third kappa shape index (κ3) is 3.06. The van der Waals surface area contributed by atoms with Crippen molar-refractivity contribution in [2.24, 2.45) is 0 Å². The molecule has 154 valence electrons. The number of benzene rings is 1. The summed E-state index contributed by atoms with van der Waals surface area (Å²) in [6.07, 6.45) is 4.06. The Morgan fingerprint density at radius 1 is 1.30 bits per heavy atom. The molecule has 0 aliphatic carbocycles. The molecular weight excluding hydrogens is 385 g/mol. The van der Waals surface area contributed by atoms with Crippen LogP contribution in [0.5, 0.6) is 0 Å². The minimum absolute atomic E-state index is 0.306. The van der Waals surface area contributed by atoms with E-state index < -0.39 is 11.4 Å². The molecule has 5 rings (SSSR count). The van der Waals surface area contributed by atoms with Crippen LogP contribution in [0.15, 0.2) is 48.4 Å². The normalized spacial score (nSPS) is 24.5. The number of rotatable bonds is 2. The largest absolute Gasteiger partial charge is 0.482 e. The second-order valence-corrected chi connectivity index (χ2v) is 8.35. The number of amides is 1. The van der Waals surface area contributed by atoms with E-state index >= 15 is 0 Å². The van der Waals surface area contributed by atoms with Crippen LogP contribution in [0.3, 0.4) is 0 Å². The Bertz CT molecular complexity index is 1110. The number of allylic oxidation sites excluding steroid dienone is 1. The van der Waals surface area contributed by atoms with Crippen LogP contribution in [-0.4, -0.2) is 40.8 Å². The van der Waals surface area contributed by atoms with Crippen LogP contribution in [0.2, 0.25) is 0 Å². The molecule has 4 heterocycles. The Balaban J connectivity index is 1.52. The second-order valence-electron chi connectivity index (χ2n) is 8.35. The van der Waals surface area contributed by atoms with E-state index in [1.54, 1.807) is 12.3 Å². The topological polar surface area (TPSA) is 74.7 Å². The number of halogens is 1. The highest BCUT2D eigenvalue weighted by Crippen LogP contribution is 2.44. The van der Waals surface area contributed by atoms with Gasteiger partial charge in [0.15, 0.2) is 0 Å². The highest BCUT2D eigenvalue weighted by atomic mass is 19.1. The number of aliphatic hydroxyl groups is 1. The molecule has 0 saturated carbocycles. The minimum Gasteiger partial charge on any atom is -0.482 e. The van der Waals surface area contributed by atoms with Gasteiger partial charge in [-0.2, -0.15) is 0 Å². The van der Waals surface area contributed by atoms with E-state index in [0.717, 1.165) is 29.9 Å². The maximum absolute atomic E-state index is 13.8. The van der Waals surface area contributed by atoms with Crippen molar-refractivity contribution in [2.75, 3.05) is 23.3 Å². The molecule has 1 aromatic carbocycles. The summed E-state index contributed by atoms with van der Waals surface area (Å²) in [7, 11) is 0. The van der Waals surface area contributed by atoms with Crippen molar-refractivity contribution in [3.05, 3.63) is 65.3 Å². The van der Waals surface area contributed by atoms with Gasteiger partial charge < -0.3 is 20.1 Å². The van der Waals surface area contributed by atoms with Gasteiger partial charge in [0.25, 0.3) is 5.91 Å². The molecule has 0 bridgehead atoms. The molecule has 0 radical (unpaired) electrons. The smallest absolute Gasteiger partial charge is 0.260 e. The number of carbonyl (C=O) groups is 1. The van der Waals surface area contributed by atoms with Crippen molar-refractivity contribution < 1.29 is 19.0 Å². The lowest BCUT2D eigenvalue weighted by Crippen LogP contribution is -2.23. The minimum atomic E-state index is -0.675. The van der Waals surface area contributed by atoms with E-state index in [9.17, 15) is 14.3 Å². The van der Waals surface area contributed by atoms with E-state index in [2.05, 4.69) is 15.2 Å². The van der Waals surface area contributed by atoms with Gasteiger partial charge in [-0.05, 0) is 56.7 Å². The molecule has 2 N–H and O–H groups in total. The van der Waals surface area contributed by atoms with Crippen molar-refractivity contribution in [1.29, 1.82) is 0 Å². The average Bonchev–Trinajstić information content (AvgIpc) is 3.36. The number of β-amino-alcohol motifs (C(OH)–C–C–N with tert-alkyl or cyclic N) is 1. The highest BCUT2D eigenvalue weighted by molar-refractivity contribution is 6.32. The first-order chi connectivity index (χ1) is 14.3. The van der Waals surface area contributed by atoms with Crippen molar-refractivity contribution in [2.45, 2.75) is 32.0 Å². The first-order valence-corrected chi connectivity index (χ1v) is 9.98. The fourth-order valence-corrected chi connectivity index (χ4v) is 4.28. The van der Waals surface area contributed by atoms with Crippen molar-refractivity contribution in [3.8, 4) is 0 Å². The molecule has 1 aromatic heterocycles. The zero-order chi connectivity index (χ0) is 21.0. The molecule has 3 aliphatic rings. The summed E-state index contributed by atoms with van der Waals surface area (Å²) < 4.78 is 19.9. The number of carbonyl (C=O) groups excluding carboxylic acids is 1. The van der Waals surface area contributed by atoms with Crippen LogP contribution in [0.1, 0.15) is 31.4 Å². The number of anilines is 2. The zero-order valence-electron chi connectivity index (χ0n) is 16.8. The van der Waals surface area contributed by atoms with Gasteiger partial charge in [0, 0.05) is 41.7 Å². The Kier molecular flexibility index (Phi) is 4.18. The first kappa shape index (κ1) is 18.8. The molecule has 0 spiro atoms. The van der Waals surface area contributed by atoms with Crippen LogP contribution in [-0.2, 0) is 9.53 Å².